The molecule has 0 aliphatic heterocycles. The van der Waals surface area contributed by atoms with Crippen molar-refractivity contribution in [2.24, 2.45) is 0 Å². The minimum Gasteiger partial charge on any atom is -0.458 e. The van der Waals surface area contributed by atoms with Gasteiger partial charge in [0.05, 0.1) is 11.1 Å². The van der Waals surface area contributed by atoms with Crippen LogP contribution in [0.5, 0.6) is 0 Å². The van der Waals surface area contributed by atoms with Gasteiger partial charge in [-0.1, -0.05) is 59.7 Å². The first-order valence-electron chi connectivity index (χ1n) is 11.4. The van der Waals surface area contributed by atoms with Gasteiger partial charge in [0.1, 0.15) is 13.2 Å². The van der Waals surface area contributed by atoms with E-state index < -0.39 is 0 Å². The molecule has 0 bridgehead atoms. The van der Waals surface area contributed by atoms with Crippen LogP contribution in [0.1, 0.15) is 67.2 Å². The van der Waals surface area contributed by atoms with Crippen molar-refractivity contribution in [3.05, 3.63) is 107 Å². The van der Waals surface area contributed by atoms with Gasteiger partial charge in [-0.25, -0.2) is 9.59 Å². The van der Waals surface area contributed by atoms with Gasteiger partial charge >= 0.3 is 11.9 Å². The summed E-state index contributed by atoms with van der Waals surface area (Å²) in [5, 5.41) is 0. The lowest BCUT2D eigenvalue weighted by Gasteiger charge is -2.09. The molecule has 174 valence electrons. The average Bonchev–Trinajstić information content (AvgIpc) is 2.82. The molecule has 0 aliphatic carbocycles. The van der Waals surface area contributed by atoms with Crippen molar-refractivity contribution < 1.29 is 19.1 Å². The van der Waals surface area contributed by atoms with Gasteiger partial charge in [-0.05, 0) is 82.4 Å². The molecule has 4 nitrogen and oxygen atoms in total. The van der Waals surface area contributed by atoms with Crippen LogP contribution in [0, 0.1) is 0 Å². The second kappa shape index (κ2) is 14.6. The number of carbonyl (C=O) groups is 2. The van der Waals surface area contributed by atoms with Crippen molar-refractivity contribution in [2.75, 3.05) is 13.2 Å². The van der Waals surface area contributed by atoms with Crippen LogP contribution in [-0.2, 0) is 9.47 Å². The number of hydrogen-bond acceptors (Lipinski definition) is 4. The highest BCUT2D eigenvalue weighted by Gasteiger charge is 2.08. The van der Waals surface area contributed by atoms with E-state index in [4.69, 9.17) is 9.47 Å². The first-order chi connectivity index (χ1) is 16.0. The van der Waals surface area contributed by atoms with E-state index in [-0.39, 0.29) is 18.5 Å². The molecule has 0 saturated heterocycles. The summed E-state index contributed by atoms with van der Waals surface area (Å²) in [5.41, 5.74) is 4.65. The minimum atomic E-state index is -0.318. The number of allylic oxidation sites excluding steroid dienone is 4. The predicted octanol–water partition coefficient (Wildman–Crippen LogP) is 7.10. The molecule has 0 spiro atoms. The molecular formula is C29H34O4. The Hall–Kier alpha value is -3.40. The quantitative estimate of drug-likeness (QED) is 0.258. The molecule has 0 saturated carbocycles. The maximum atomic E-state index is 12.3. The highest BCUT2D eigenvalue weighted by atomic mass is 16.5. The van der Waals surface area contributed by atoms with Gasteiger partial charge in [0.15, 0.2) is 0 Å². The number of esters is 2. The number of carbonyl (C=O) groups excluding carboxylic acids is 2. The topological polar surface area (TPSA) is 52.6 Å². The van der Waals surface area contributed by atoms with Crippen molar-refractivity contribution in [1.29, 1.82) is 0 Å². The molecule has 0 aliphatic rings. The molecule has 0 fully saturated rings. The van der Waals surface area contributed by atoms with Gasteiger partial charge in [-0.15, -0.1) is 0 Å². The zero-order valence-electron chi connectivity index (χ0n) is 19.9. The van der Waals surface area contributed by atoms with Gasteiger partial charge in [0.2, 0.25) is 0 Å². The van der Waals surface area contributed by atoms with Crippen LogP contribution in [0.2, 0.25) is 0 Å². The zero-order chi connectivity index (χ0) is 23.9. The van der Waals surface area contributed by atoms with Crippen molar-refractivity contribution in [2.45, 2.75) is 46.5 Å². The van der Waals surface area contributed by atoms with E-state index in [1.807, 2.05) is 49.4 Å². The largest absolute Gasteiger partial charge is 0.458 e. The Labute approximate surface area is 197 Å². The van der Waals surface area contributed by atoms with Crippen molar-refractivity contribution in [3.63, 3.8) is 0 Å². The lowest BCUT2D eigenvalue weighted by atomic mass is 10.1. The van der Waals surface area contributed by atoms with E-state index in [0.717, 1.165) is 36.8 Å². The Morgan fingerprint density at radius 2 is 1.24 bits per heavy atom. The summed E-state index contributed by atoms with van der Waals surface area (Å²) in [7, 11) is 0. The van der Waals surface area contributed by atoms with Crippen LogP contribution in [0.4, 0.5) is 0 Å². The molecule has 33 heavy (non-hydrogen) atoms. The highest BCUT2D eigenvalue weighted by molar-refractivity contribution is 5.89. The monoisotopic (exact) mass is 446 g/mol. The standard InChI is InChI=1S/C29H34O4/c1-23(2)12-10-14-25(22-33-29(31)27-18-8-5-9-19-27)15-11-13-24(3)20-21-32-28(30)26-16-6-4-7-17-26/h4-9,12,15-20H,10-11,13-14,21-22H2,1-3H3/b24-20+,25-15-. The van der Waals surface area contributed by atoms with Crippen LogP contribution in [0.3, 0.4) is 0 Å². The fourth-order valence-corrected chi connectivity index (χ4v) is 3.12. The molecule has 2 rings (SSSR count). The molecule has 4 heteroatoms. The maximum Gasteiger partial charge on any atom is 0.338 e. The highest BCUT2D eigenvalue weighted by Crippen LogP contribution is 2.14. The van der Waals surface area contributed by atoms with Gasteiger partial charge < -0.3 is 9.47 Å². The third-order valence-corrected chi connectivity index (χ3v) is 5.04. The van der Waals surface area contributed by atoms with Crippen LogP contribution in [0.15, 0.2) is 95.6 Å². The zero-order valence-corrected chi connectivity index (χ0v) is 19.9. The van der Waals surface area contributed by atoms with Crippen molar-refractivity contribution in [3.8, 4) is 0 Å². The van der Waals surface area contributed by atoms with Crippen LogP contribution in [-0.4, -0.2) is 25.2 Å². The Bertz CT molecular complexity index is 965. The second-order valence-corrected chi connectivity index (χ2v) is 8.18. The molecule has 2 aromatic rings. The summed E-state index contributed by atoms with van der Waals surface area (Å²) in [4.78, 5) is 24.3. The van der Waals surface area contributed by atoms with E-state index in [2.05, 4.69) is 26.0 Å². The second-order valence-electron chi connectivity index (χ2n) is 8.18. The summed E-state index contributed by atoms with van der Waals surface area (Å²) < 4.78 is 10.9. The smallest absolute Gasteiger partial charge is 0.338 e. The number of rotatable bonds is 12. The van der Waals surface area contributed by atoms with E-state index in [1.165, 1.54) is 5.57 Å². The summed E-state index contributed by atoms with van der Waals surface area (Å²) >= 11 is 0. The van der Waals surface area contributed by atoms with Crippen LogP contribution < -0.4 is 0 Å². The van der Waals surface area contributed by atoms with E-state index in [0.29, 0.717) is 17.7 Å². The first-order valence-corrected chi connectivity index (χ1v) is 11.4. The van der Waals surface area contributed by atoms with E-state index in [9.17, 15) is 9.59 Å². The fourth-order valence-electron chi connectivity index (χ4n) is 3.12. The van der Waals surface area contributed by atoms with E-state index in [1.54, 1.807) is 24.3 Å². The summed E-state index contributed by atoms with van der Waals surface area (Å²) in [5.74, 6) is -0.624. The van der Waals surface area contributed by atoms with Crippen LogP contribution >= 0.6 is 0 Å². The molecule has 0 radical (unpaired) electrons. The average molecular weight is 447 g/mol. The molecular weight excluding hydrogens is 412 g/mol. The third-order valence-electron chi connectivity index (χ3n) is 5.04. The predicted molar refractivity (Wildman–Crippen MR) is 133 cm³/mol. The minimum absolute atomic E-state index is 0.255. The molecule has 0 N–H and O–H groups in total. The lowest BCUT2D eigenvalue weighted by molar-refractivity contribution is 0.0532. The molecule has 0 heterocycles. The Kier molecular flexibility index (Phi) is 11.5. The Morgan fingerprint density at radius 1 is 0.697 bits per heavy atom. The third kappa shape index (κ3) is 10.6. The molecule has 0 atom stereocenters. The Morgan fingerprint density at radius 3 is 1.82 bits per heavy atom. The number of benzene rings is 2. The SMILES string of the molecule is CC(C)=CCC/C(=C/CC/C(C)=C/COC(=O)c1ccccc1)COC(=O)c1ccccc1. The van der Waals surface area contributed by atoms with Crippen LogP contribution in [0.25, 0.3) is 0 Å². The number of hydrogen-bond donors (Lipinski definition) is 0. The number of ether oxygens (including phenoxy) is 2. The van der Waals surface area contributed by atoms with Gasteiger partial charge in [0, 0.05) is 0 Å². The van der Waals surface area contributed by atoms with Crippen molar-refractivity contribution in [1.82, 2.24) is 0 Å². The van der Waals surface area contributed by atoms with Gasteiger partial charge in [0.25, 0.3) is 0 Å². The molecule has 2 aromatic carbocycles. The maximum absolute atomic E-state index is 12.3. The fraction of sp³-hybridized carbons (Fsp3) is 0.310. The summed E-state index contributed by atoms with van der Waals surface area (Å²) in [6.45, 7) is 6.74. The van der Waals surface area contributed by atoms with Gasteiger partial charge in [-0.3, -0.25) is 0 Å². The molecule has 0 aromatic heterocycles. The molecule has 0 amide bonds. The lowest BCUT2D eigenvalue weighted by Crippen LogP contribution is -2.08. The Balaban J connectivity index is 1.84. The first kappa shape index (κ1) is 25.9. The summed E-state index contributed by atoms with van der Waals surface area (Å²) in [6, 6.07) is 18.0. The summed E-state index contributed by atoms with van der Waals surface area (Å²) in [6.07, 6.45) is 9.74. The normalized spacial score (nSPS) is 11.6. The van der Waals surface area contributed by atoms with Crippen molar-refractivity contribution >= 4 is 11.9 Å². The van der Waals surface area contributed by atoms with E-state index >= 15 is 0 Å². The van der Waals surface area contributed by atoms with Gasteiger partial charge in [-0.2, -0.15) is 0 Å². The molecule has 0 unspecified atom stereocenters.